The maximum Gasteiger partial charge on any atom is 0.345 e. The van der Waals surface area contributed by atoms with E-state index in [1.165, 1.54) is 18.9 Å². The van der Waals surface area contributed by atoms with Gasteiger partial charge in [0.25, 0.3) is 0 Å². The zero-order chi connectivity index (χ0) is 21.1. The summed E-state index contributed by atoms with van der Waals surface area (Å²) in [6, 6.07) is 15.1. The molecule has 30 heavy (non-hydrogen) atoms. The molecule has 0 saturated carbocycles. The smallest absolute Gasteiger partial charge is 0.345 e. The van der Waals surface area contributed by atoms with E-state index in [1.54, 1.807) is 4.68 Å². The van der Waals surface area contributed by atoms with Gasteiger partial charge in [0.1, 0.15) is 17.2 Å². The van der Waals surface area contributed by atoms with E-state index in [0.29, 0.717) is 10.7 Å². The Morgan fingerprint density at radius 2 is 1.97 bits per heavy atom. The average Bonchev–Trinajstić information content (AvgIpc) is 3.39. The molecule has 0 atom stereocenters. The van der Waals surface area contributed by atoms with E-state index in [9.17, 15) is 9.90 Å². The molecule has 0 aliphatic rings. The van der Waals surface area contributed by atoms with Crippen LogP contribution in [0.4, 0.5) is 0 Å². The number of para-hydroxylation sites is 2. The highest BCUT2D eigenvalue weighted by molar-refractivity contribution is 7.99. The van der Waals surface area contributed by atoms with E-state index < -0.39 is 5.97 Å². The van der Waals surface area contributed by atoms with Crippen molar-refractivity contribution in [2.24, 2.45) is 0 Å². The lowest BCUT2D eigenvalue weighted by molar-refractivity contribution is -0.133. The first-order valence-corrected chi connectivity index (χ1v) is 9.99. The number of aliphatic hydroxyl groups excluding tert-OH is 1. The molecule has 0 spiro atoms. The molecule has 2 N–H and O–H groups in total. The van der Waals surface area contributed by atoms with Crippen LogP contribution >= 0.6 is 11.8 Å². The average molecular weight is 422 g/mol. The van der Waals surface area contributed by atoms with Gasteiger partial charge in [-0.3, -0.25) is 0 Å². The number of fused-ring (bicyclic) bond motifs is 1. The number of carbonyl (C=O) groups excluding carboxylic acids is 1. The molecule has 0 unspecified atom stereocenters. The molecule has 0 bridgehead atoms. The molecule has 0 radical (unpaired) electrons. The summed E-state index contributed by atoms with van der Waals surface area (Å²) in [5.41, 5.74) is 3.31. The lowest BCUT2D eigenvalue weighted by atomic mass is 10.2. The van der Waals surface area contributed by atoms with Crippen LogP contribution in [0.25, 0.3) is 22.3 Å². The number of nitrogens with one attached hydrogen (secondary N) is 1. The third-order valence-electron chi connectivity index (χ3n) is 4.36. The summed E-state index contributed by atoms with van der Waals surface area (Å²) in [6.07, 6.45) is 0. The number of carbonyl (C=O) groups is 1. The van der Waals surface area contributed by atoms with Crippen molar-refractivity contribution >= 4 is 34.3 Å². The van der Waals surface area contributed by atoms with E-state index >= 15 is 0 Å². The number of nitrogens with zero attached hydrogens (tertiary/aromatic N) is 5. The quantitative estimate of drug-likeness (QED) is 0.211. The monoisotopic (exact) mass is 422 g/mol. The van der Waals surface area contributed by atoms with Gasteiger partial charge in [-0.1, -0.05) is 41.6 Å². The number of rotatable bonds is 6. The highest BCUT2D eigenvalue weighted by atomic mass is 32.2. The first kappa shape index (κ1) is 19.6. The third-order valence-corrected chi connectivity index (χ3v) is 5.29. The van der Waals surface area contributed by atoms with Gasteiger partial charge < -0.3 is 14.8 Å². The molecule has 0 aliphatic carbocycles. The Hall–Kier alpha value is -3.66. The fourth-order valence-corrected chi connectivity index (χ4v) is 3.62. The van der Waals surface area contributed by atoms with Crippen molar-refractivity contribution in [1.82, 2.24) is 30.2 Å². The number of aromatic amines is 1. The molecule has 9 nitrogen and oxygen atoms in total. The number of ether oxygens (including phenoxy) is 1. The molecule has 0 saturated heterocycles. The highest BCUT2D eigenvalue weighted by Gasteiger charge is 2.23. The van der Waals surface area contributed by atoms with E-state index in [4.69, 9.17) is 4.74 Å². The number of esters is 1. The van der Waals surface area contributed by atoms with E-state index in [1.807, 2.05) is 55.5 Å². The van der Waals surface area contributed by atoms with Gasteiger partial charge in [0.2, 0.25) is 5.16 Å². The predicted molar refractivity (Wildman–Crippen MR) is 112 cm³/mol. The zero-order valence-electron chi connectivity index (χ0n) is 16.2. The van der Waals surface area contributed by atoms with Crippen molar-refractivity contribution in [3.8, 4) is 5.69 Å². The Kier molecular flexibility index (Phi) is 5.48. The SMILES string of the molecule is COC(=O)/C(=C(/O)CSc1nnnn1-c1ccc(C)cc1)c1nc2ccccc2[nH]1. The molecule has 4 aromatic rings. The lowest BCUT2D eigenvalue weighted by Crippen LogP contribution is -2.10. The van der Waals surface area contributed by atoms with Gasteiger partial charge in [0, 0.05) is 0 Å². The second kappa shape index (κ2) is 8.37. The lowest BCUT2D eigenvalue weighted by Gasteiger charge is -2.07. The van der Waals surface area contributed by atoms with E-state index in [-0.39, 0.29) is 22.9 Å². The topological polar surface area (TPSA) is 119 Å². The van der Waals surface area contributed by atoms with Gasteiger partial charge >= 0.3 is 5.97 Å². The third kappa shape index (κ3) is 3.90. The number of hydrogen-bond acceptors (Lipinski definition) is 8. The Morgan fingerprint density at radius 1 is 1.20 bits per heavy atom. The van der Waals surface area contributed by atoms with Crippen molar-refractivity contribution in [2.45, 2.75) is 12.1 Å². The number of imidazole rings is 1. The van der Waals surface area contributed by atoms with Crippen molar-refractivity contribution in [3.63, 3.8) is 0 Å². The first-order chi connectivity index (χ1) is 14.6. The van der Waals surface area contributed by atoms with Crippen LogP contribution in [0.5, 0.6) is 0 Å². The summed E-state index contributed by atoms with van der Waals surface area (Å²) >= 11 is 1.19. The van der Waals surface area contributed by atoms with Crippen molar-refractivity contribution < 1.29 is 14.6 Å². The summed E-state index contributed by atoms with van der Waals surface area (Å²) in [4.78, 5) is 19.8. The molecule has 0 amide bonds. The van der Waals surface area contributed by atoms with Crippen LogP contribution in [0.1, 0.15) is 11.4 Å². The minimum atomic E-state index is -0.690. The Labute approximate surface area is 175 Å². The van der Waals surface area contributed by atoms with E-state index in [0.717, 1.165) is 16.8 Å². The van der Waals surface area contributed by atoms with Gasteiger partial charge in [0.15, 0.2) is 0 Å². The van der Waals surface area contributed by atoms with Gasteiger partial charge in [-0.25, -0.2) is 9.78 Å². The first-order valence-electron chi connectivity index (χ1n) is 9.00. The van der Waals surface area contributed by atoms with Gasteiger partial charge in [0.05, 0.1) is 29.6 Å². The number of aromatic nitrogens is 6. The predicted octanol–water partition coefficient (Wildman–Crippen LogP) is 3.08. The summed E-state index contributed by atoms with van der Waals surface area (Å²) in [6.45, 7) is 1.99. The normalized spacial score (nSPS) is 12.1. The number of methoxy groups -OCH3 is 1. The van der Waals surface area contributed by atoms with Crippen LogP contribution in [-0.4, -0.2) is 54.1 Å². The highest BCUT2D eigenvalue weighted by Crippen LogP contribution is 2.25. The van der Waals surface area contributed by atoms with Gasteiger partial charge in [-0.2, -0.15) is 4.68 Å². The Bertz CT molecular complexity index is 1200. The van der Waals surface area contributed by atoms with Crippen molar-refractivity contribution in [1.29, 1.82) is 0 Å². The van der Waals surface area contributed by atoms with Crippen LogP contribution in [0.3, 0.4) is 0 Å². The molecule has 2 heterocycles. The number of aliphatic hydroxyl groups is 1. The number of tetrazole rings is 1. The maximum absolute atomic E-state index is 12.4. The van der Waals surface area contributed by atoms with Crippen molar-refractivity contribution in [3.05, 3.63) is 65.7 Å². The van der Waals surface area contributed by atoms with Crippen molar-refractivity contribution in [2.75, 3.05) is 12.9 Å². The second-order valence-corrected chi connectivity index (χ2v) is 7.36. The van der Waals surface area contributed by atoms with E-state index in [2.05, 4.69) is 25.5 Å². The molecule has 0 fully saturated rings. The Morgan fingerprint density at radius 3 is 2.70 bits per heavy atom. The second-order valence-electron chi connectivity index (χ2n) is 6.41. The molecular formula is C20H18N6O3S. The summed E-state index contributed by atoms with van der Waals surface area (Å²) < 4.78 is 6.42. The molecule has 4 rings (SSSR count). The number of aryl methyl sites for hydroxylation is 1. The van der Waals surface area contributed by atoms with Crippen LogP contribution in [0, 0.1) is 6.92 Å². The molecule has 2 aromatic heterocycles. The van der Waals surface area contributed by atoms with Crippen LogP contribution in [0.2, 0.25) is 0 Å². The summed E-state index contributed by atoms with van der Waals surface area (Å²) in [5, 5.41) is 22.9. The molecule has 152 valence electrons. The van der Waals surface area contributed by atoms with Gasteiger partial charge in [-0.15, -0.1) is 5.10 Å². The largest absolute Gasteiger partial charge is 0.510 e. The number of thioether (sulfide) groups is 1. The molecular weight excluding hydrogens is 404 g/mol. The van der Waals surface area contributed by atoms with Crippen LogP contribution < -0.4 is 0 Å². The molecule has 0 aliphatic heterocycles. The standard InChI is InChI=1S/C20H18N6O3S/c1-12-7-9-13(10-8-12)26-20(23-24-25-26)30-11-16(27)17(19(28)29-2)18-21-14-5-3-4-6-15(14)22-18/h3-10,27H,11H2,1-2H3,(H,21,22)/b17-16+. The number of H-pyrrole nitrogens is 1. The van der Waals surface area contributed by atoms with Crippen LogP contribution in [-0.2, 0) is 9.53 Å². The number of hydrogen-bond donors (Lipinski definition) is 2. The fraction of sp³-hybridized carbons (Fsp3) is 0.150. The minimum absolute atomic E-state index is 0.0319. The van der Waals surface area contributed by atoms with Crippen LogP contribution in [0.15, 0.2) is 59.4 Å². The summed E-state index contributed by atoms with van der Waals surface area (Å²) in [5.74, 6) is -0.595. The Balaban J connectivity index is 1.63. The fourth-order valence-electron chi connectivity index (χ4n) is 2.85. The van der Waals surface area contributed by atoms with Gasteiger partial charge in [-0.05, 0) is 41.6 Å². The molecule has 10 heteroatoms. The maximum atomic E-state index is 12.4. The minimum Gasteiger partial charge on any atom is -0.510 e. The molecule has 2 aromatic carbocycles. The summed E-state index contributed by atoms with van der Waals surface area (Å²) in [7, 11) is 1.25. The number of benzene rings is 2. The zero-order valence-corrected chi connectivity index (χ0v) is 17.1.